The third kappa shape index (κ3) is 2.98. The summed E-state index contributed by atoms with van der Waals surface area (Å²) in [7, 11) is 0. The lowest BCUT2D eigenvalue weighted by Crippen LogP contribution is -1.98. The van der Waals surface area contributed by atoms with Crippen molar-refractivity contribution in [3.63, 3.8) is 0 Å². The summed E-state index contributed by atoms with van der Waals surface area (Å²) < 4.78 is 18.7. The number of rotatable bonds is 3. The third-order valence-electron chi connectivity index (χ3n) is 2.43. The molecule has 2 aromatic rings. The van der Waals surface area contributed by atoms with Crippen LogP contribution in [-0.4, -0.2) is 0 Å². The van der Waals surface area contributed by atoms with E-state index in [0.717, 1.165) is 11.1 Å². The van der Waals surface area contributed by atoms with E-state index in [1.165, 1.54) is 6.07 Å². The van der Waals surface area contributed by atoms with Crippen molar-refractivity contribution in [1.82, 2.24) is 0 Å². The predicted molar refractivity (Wildman–Crippen MR) is 66.9 cm³/mol. The van der Waals surface area contributed by atoms with Crippen molar-refractivity contribution in [3.05, 3.63) is 64.4 Å². The molecule has 88 valence electrons. The van der Waals surface area contributed by atoms with Gasteiger partial charge in [0.25, 0.3) is 0 Å². The van der Waals surface area contributed by atoms with Crippen LogP contribution in [0.3, 0.4) is 0 Å². The summed E-state index contributed by atoms with van der Waals surface area (Å²) in [6.07, 6.45) is 0. The van der Waals surface area contributed by atoms with Gasteiger partial charge in [-0.15, -0.1) is 0 Å². The number of hydrogen-bond acceptors (Lipinski definition) is 1. The molecular weight excluding hydrogens is 239 g/mol. The molecular formula is C14H12ClFO. The Morgan fingerprint density at radius 1 is 1.18 bits per heavy atom. The molecule has 0 radical (unpaired) electrons. The molecule has 0 saturated carbocycles. The molecule has 2 aromatic carbocycles. The first-order chi connectivity index (χ1) is 8.16. The molecule has 0 aromatic heterocycles. The first-order valence-electron chi connectivity index (χ1n) is 5.29. The van der Waals surface area contributed by atoms with E-state index < -0.39 is 0 Å². The summed E-state index contributed by atoms with van der Waals surface area (Å²) in [6, 6.07) is 12.0. The van der Waals surface area contributed by atoms with Gasteiger partial charge in [-0.25, -0.2) is 4.39 Å². The van der Waals surface area contributed by atoms with Crippen LogP contribution in [-0.2, 0) is 6.61 Å². The van der Waals surface area contributed by atoms with Gasteiger partial charge in [0.05, 0.1) is 0 Å². The summed E-state index contributed by atoms with van der Waals surface area (Å²) in [6.45, 7) is 2.23. The average molecular weight is 251 g/mol. The van der Waals surface area contributed by atoms with Crippen LogP contribution in [0.5, 0.6) is 5.75 Å². The highest BCUT2D eigenvalue weighted by Crippen LogP contribution is 2.21. The zero-order valence-corrected chi connectivity index (χ0v) is 10.2. The molecule has 0 atom stereocenters. The maximum atomic E-state index is 13.3. The van der Waals surface area contributed by atoms with Gasteiger partial charge in [-0.05, 0) is 30.7 Å². The fraction of sp³-hybridized carbons (Fsp3) is 0.143. The minimum absolute atomic E-state index is 0.240. The van der Waals surface area contributed by atoms with Gasteiger partial charge < -0.3 is 4.74 Å². The van der Waals surface area contributed by atoms with E-state index in [4.69, 9.17) is 16.3 Å². The van der Waals surface area contributed by atoms with Crippen molar-refractivity contribution >= 4 is 11.6 Å². The topological polar surface area (TPSA) is 9.23 Å². The van der Waals surface area contributed by atoms with E-state index in [-0.39, 0.29) is 18.2 Å². The lowest BCUT2D eigenvalue weighted by molar-refractivity contribution is 0.290. The molecule has 2 rings (SSSR count). The molecule has 1 nitrogen and oxygen atoms in total. The molecule has 0 aliphatic heterocycles. The second-order valence-corrected chi connectivity index (χ2v) is 4.22. The van der Waals surface area contributed by atoms with Gasteiger partial charge in [-0.2, -0.15) is 0 Å². The minimum atomic E-state index is -0.365. The van der Waals surface area contributed by atoms with Crippen LogP contribution in [0.1, 0.15) is 11.1 Å². The van der Waals surface area contributed by atoms with Crippen molar-refractivity contribution in [1.29, 1.82) is 0 Å². The standard InChI is InChI=1S/C14H12ClFO/c1-10-6-7-11(12(15)8-10)9-17-14-5-3-2-4-13(14)16/h2-8H,9H2,1H3. The zero-order valence-electron chi connectivity index (χ0n) is 9.41. The van der Waals surface area contributed by atoms with Crippen LogP contribution in [0, 0.1) is 12.7 Å². The molecule has 0 spiro atoms. The molecule has 0 fully saturated rings. The average Bonchev–Trinajstić information content (AvgIpc) is 2.30. The van der Waals surface area contributed by atoms with E-state index in [9.17, 15) is 4.39 Å². The molecule has 0 bridgehead atoms. The van der Waals surface area contributed by atoms with Crippen molar-refractivity contribution in [2.24, 2.45) is 0 Å². The van der Waals surface area contributed by atoms with Crippen LogP contribution in [0.4, 0.5) is 4.39 Å². The highest BCUT2D eigenvalue weighted by molar-refractivity contribution is 6.31. The molecule has 3 heteroatoms. The third-order valence-corrected chi connectivity index (χ3v) is 2.78. The summed E-state index contributed by atoms with van der Waals surface area (Å²) in [5.74, 6) is -0.125. The highest BCUT2D eigenvalue weighted by Gasteiger charge is 2.04. The smallest absolute Gasteiger partial charge is 0.165 e. The Morgan fingerprint density at radius 3 is 2.65 bits per heavy atom. The van der Waals surface area contributed by atoms with E-state index in [0.29, 0.717) is 5.02 Å². The van der Waals surface area contributed by atoms with Crippen molar-refractivity contribution < 1.29 is 9.13 Å². The Kier molecular flexibility index (Phi) is 3.64. The Morgan fingerprint density at radius 2 is 1.94 bits per heavy atom. The lowest BCUT2D eigenvalue weighted by Gasteiger charge is -2.08. The first-order valence-corrected chi connectivity index (χ1v) is 5.67. The molecule has 0 aliphatic rings. The molecule has 17 heavy (non-hydrogen) atoms. The van der Waals surface area contributed by atoms with E-state index >= 15 is 0 Å². The van der Waals surface area contributed by atoms with Crippen molar-refractivity contribution in [3.8, 4) is 5.75 Å². The maximum absolute atomic E-state index is 13.3. The lowest BCUT2D eigenvalue weighted by atomic mass is 10.1. The molecule has 0 amide bonds. The van der Waals surface area contributed by atoms with Gasteiger partial charge in [-0.1, -0.05) is 35.9 Å². The predicted octanol–water partition coefficient (Wildman–Crippen LogP) is 4.37. The van der Waals surface area contributed by atoms with Crippen LogP contribution < -0.4 is 4.74 Å². The number of ether oxygens (including phenoxy) is 1. The SMILES string of the molecule is Cc1ccc(COc2ccccc2F)c(Cl)c1. The van der Waals surface area contributed by atoms with Gasteiger partial charge in [0, 0.05) is 10.6 Å². The number of para-hydroxylation sites is 1. The fourth-order valence-corrected chi connectivity index (χ4v) is 1.78. The zero-order chi connectivity index (χ0) is 12.3. The molecule has 0 unspecified atom stereocenters. The molecule has 0 saturated heterocycles. The second kappa shape index (κ2) is 5.19. The highest BCUT2D eigenvalue weighted by atomic mass is 35.5. The monoisotopic (exact) mass is 250 g/mol. The summed E-state index contributed by atoms with van der Waals surface area (Å²) in [5.41, 5.74) is 1.94. The summed E-state index contributed by atoms with van der Waals surface area (Å²) in [4.78, 5) is 0. The van der Waals surface area contributed by atoms with Crippen LogP contribution in [0.25, 0.3) is 0 Å². The summed E-state index contributed by atoms with van der Waals surface area (Å²) >= 11 is 6.06. The van der Waals surface area contributed by atoms with Crippen molar-refractivity contribution in [2.45, 2.75) is 13.5 Å². The van der Waals surface area contributed by atoms with E-state index in [2.05, 4.69) is 0 Å². The molecule has 0 heterocycles. The van der Waals surface area contributed by atoms with Crippen molar-refractivity contribution in [2.75, 3.05) is 0 Å². The fourth-order valence-electron chi connectivity index (χ4n) is 1.49. The quantitative estimate of drug-likeness (QED) is 0.786. The Balaban J connectivity index is 2.10. The van der Waals surface area contributed by atoms with Gasteiger partial charge in [-0.3, -0.25) is 0 Å². The maximum Gasteiger partial charge on any atom is 0.165 e. The van der Waals surface area contributed by atoms with E-state index in [1.807, 2.05) is 25.1 Å². The van der Waals surface area contributed by atoms with Crippen LogP contribution >= 0.6 is 11.6 Å². The Labute approximate surface area is 105 Å². The minimum Gasteiger partial charge on any atom is -0.486 e. The normalized spacial score (nSPS) is 10.3. The Hall–Kier alpha value is -1.54. The number of benzene rings is 2. The van der Waals surface area contributed by atoms with Crippen LogP contribution in [0.15, 0.2) is 42.5 Å². The number of aryl methyl sites for hydroxylation is 1. The van der Waals surface area contributed by atoms with Crippen LogP contribution in [0.2, 0.25) is 5.02 Å². The first kappa shape index (κ1) is 11.9. The molecule has 0 aliphatic carbocycles. The van der Waals surface area contributed by atoms with Gasteiger partial charge >= 0.3 is 0 Å². The number of halogens is 2. The van der Waals surface area contributed by atoms with E-state index in [1.54, 1.807) is 18.2 Å². The largest absolute Gasteiger partial charge is 0.486 e. The van der Waals surface area contributed by atoms with Gasteiger partial charge in [0.15, 0.2) is 11.6 Å². The second-order valence-electron chi connectivity index (χ2n) is 3.81. The Bertz CT molecular complexity index is 525. The van der Waals surface area contributed by atoms with Gasteiger partial charge in [0.1, 0.15) is 6.61 Å². The summed E-state index contributed by atoms with van der Waals surface area (Å²) in [5, 5.41) is 0.640. The number of hydrogen-bond donors (Lipinski definition) is 0. The molecule has 0 N–H and O–H groups in total. The van der Waals surface area contributed by atoms with Gasteiger partial charge in [0.2, 0.25) is 0 Å².